The van der Waals surface area contributed by atoms with E-state index in [0.717, 1.165) is 0 Å². The van der Waals surface area contributed by atoms with Crippen LogP contribution < -0.4 is 0 Å². The Balaban J connectivity index is 2.58. The molecule has 0 aliphatic carbocycles. The van der Waals surface area contributed by atoms with Crippen molar-refractivity contribution >= 4 is 16.8 Å². The number of hydrogen-bond acceptors (Lipinski definition) is 1. The first-order valence-corrected chi connectivity index (χ1v) is 5.67. The second-order valence-electron chi connectivity index (χ2n) is 3.78. The zero-order chi connectivity index (χ0) is 13.1. The van der Waals surface area contributed by atoms with Gasteiger partial charge in [0.1, 0.15) is 11.6 Å². The molecule has 0 N–H and O–H groups in total. The van der Waals surface area contributed by atoms with Gasteiger partial charge in [-0.1, -0.05) is 36.4 Å². The summed E-state index contributed by atoms with van der Waals surface area (Å²) in [6, 6.07) is 11.4. The lowest BCUT2D eigenvalue weighted by atomic mass is 9.91. The summed E-state index contributed by atoms with van der Waals surface area (Å²) in [6.07, 6.45) is 0. The minimum atomic E-state index is -1.13. The smallest absolute Gasteiger partial charge is 0.233 e. The van der Waals surface area contributed by atoms with Crippen LogP contribution in [0.25, 0.3) is 0 Å². The first-order chi connectivity index (χ1) is 8.61. The summed E-state index contributed by atoms with van der Waals surface area (Å²) < 4.78 is 27.4. The predicted octanol–water partition coefficient (Wildman–Crippen LogP) is 3.86. The lowest BCUT2D eigenvalue weighted by Gasteiger charge is -2.14. The number of carbonyl (C=O) groups excluding carboxylic acids is 1. The molecule has 2 rings (SSSR count). The first-order valence-electron chi connectivity index (χ1n) is 5.29. The standard InChI is InChI=1S/C14H9ClF2O/c15-14(18)13(9-5-1-3-7-11(9)16)10-6-2-4-8-12(10)17/h1-8,13H. The predicted molar refractivity (Wildman–Crippen MR) is 65.5 cm³/mol. The summed E-state index contributed by atoms with van der Waals surface area (Å²) in [5.74, 6) is -2.30. The van der Waals surface area contributed by atoms with Crippen molar-refractivity contribution in [1.82, 2.24) is 0 Å². The third-order valence-corrected chi connectivity index (χ3v) is 2.88. The van der Waals surface area contributed by atoms with Crippen molar-refractivity contribution < 1.29 is 13.6 Å². The molecular weight excluding hydrogens is 258 g/mol. The van der Waals surface area contributed by atoms with E-state index in [4.69, 9.17) is 11.6 Å². The Labute approximate surface area is 108 Å². The van der Waals surface area contributed by atoms with Crippen molar-refractivity contribution in [3.63, 3.8) is 0 Å². The normalized spacial score (nSPS) is 10.7. The van der Waals surface area contributed by atoms with Gasteiger partial charge in [0.05, 0.1) is 5.92 Å². The van der Waals surface area contributed by atoms with Crippen LogP contribution in [0.5, 0.6) is 0 Å². The Morgan fingerprint density at radius 1 is 0.889 bits per heavy atom. The molecule has 0 spiro atoms. The number of benzene rings is 2. The molecule has 0 aliphatic heterocycles. The molecule has 0 saturated carbocycles. The molecule has 0 atom stereocenters. The molecule has 92 valence electrons. The maximum Gasteiger partial charge on any atom is 0.233 e. The van der Waals surface area contributed by atoms with E-state index in [0.29, 0.717) is 0 Å². The van der Waals surface area contributed by atoms with E-state index >= 15 is 0 Å². The van der Waals surface area contributed by atoms with Crippen LogP contribution in [0.2, 0.25) is 0 Å². The van der Waals surface area contributed by atoms with Gasteiger partial charge in [0.25, 0.3) is 0 Å². The van der Waals surface area contributed by atoms with Gasteiger partial charge in [-0.05, 0) is 23.7 Å². The van der Waals surface area contributed by atoms with Crippen molar-refractivity contribution in [2.75, 3.05) is 0 Å². The fourth-order valence-corrected chi connectivity index (χ4v) is 2.07. The van der Waals surface area contributed by atoms with Gasteiger partial charge in [0.15, 0.2) is 0 Å². The summed E-state index contributed by atoms with van der Waals surface area (Å²) in [5, 5.41) is -0.815. The molecule has 18 heavy (non-hydrogen) atoms. The van der Waals surface area contributed by atoms with E-state index in [1.54, 1.807) is 12.1 Å². The van der Waals surface area contributed by atoms with Gasteiger partial charge in [-0.3, -0.25) is 4.79 Å². The van der Waals surface area contributed by atoms with E-state index in [-0.39, 0.29) is 11.1 Å². The molecule has 0 saturated heterocycles. The van der Waals surface area contributed by atoms with E-state index < -0.39 is 22.8 Å². The number of halogens is 3. The zero-order valence-corrected chi connectivity index (χ0v) is 9.99. The minimum absolute atomic E-state index is 0.0719. The molecule has 2 aromatic carbocycles. The Morgan fingerprint density at radius 3 is 1.61 bits per heavy atom. The molecule has 0 aliphatic rings. The molecule has 0 fully saturated rings. The lowest BCUT2D eigenvalue weighted by molar-refractivity contribution is -0.112. The Kier molecular flexibility index (Phi) is 3.72. The van der Waals surface area contributed by atoms with Crippen LogP contribution in [0, 0.1) is 11.6 Å². The van der Waals surface area contributed by atoms with E-state index in [1.165, 1.54) is 36.4 Å². The van der Waals surface area contributed by atoms with Crippen LogP contribution in [0.15, 0.2) is 48.5 Å². The average Bonchev–Trinajstić information content (AvgIpc) is 2.34. The molecular formula is C14H9ClF2O. The molecule has 0 unspecified atom stereocenters. The molecule has 2 aromatic rings. The molecule has 1 nitrogen and oxygen atoms in total. The van der Waals surface area contributed by atoms with Crippen molar-refractivity contribution in [1.29, 1.82) is 0 Å². The summed E-state index contributed by atoms with van der Waals surface area (Å²) in [5.41, 5.74) is 0.144. The third kappa shape index (κ3) is 2.41. The summed E-state index contributed by atoms with van der Waals surface area (Å²) >= 11 is 5.48. The highest BCUT2D eigenvalue weighted by Gasteiger charge is 2.26. The fraction of sp³-hybridized carbons (Fsp3) is 0.0714. The second-order valence-corrected chi connectivity index (χ2v) is 4.15. The van der Waals surface area contributed by atoms with Crippen LogP contribution in [0.3, 0.4) is 0 Å². The highest BCUT2D eigenvalue weighted by atomic mass is 35.5. The van der Waals surface area contributed by atoms with Crippen molar-refractivity contribution in [2.45, 2.75) is 5.92 Å². The Hall–Kier alpha value is -1.74. The SMILES string of the molecule is O=C(Cl)C(c1ccccc1F)c1ccccc1F. The van der Waals surface area contributed by atoms with Gasteiger partial charge in [0.2, 0.25) is 5.24 Å². The lowest BCUT2D eigenvalue weighted by Crippen LogP contribution is -2.12. The molecule has 0 radical (unpaired) electrons. The largest absolute Gasteiger partial charge is 0.280 e. The Bertz CT molecular complexity index is 538. The fourth-order valence-electron chi connectivity index (χ4n) is 1.83. The van der Waals surface area contributed by atoms with Gasteiger partial charge in [-0.2, -0.15) is 0 Å². The quantitative estimate of drug-likeness (QED) is 0.771. The number of hydrogen-bond donors (Lipinski definition) is 0. The summed E-state index contributed by atoms with van der Waals surface area (Å²) in [7, 11) is 0. The van der Waals surface area contributed by atoms with Gasteiger partial charge in [0, 0.05) is 11.1 Å². The molecule has 0 amide bonds. The van der Waals surface area contributed by atoms with E-state index in [9.17, 15) is 13.6 Å². The third-order valence-electron chi connectivity index (χ3n) is 2.66. The van der Waals surface area contributed by atoms with Crippen molar-refractivity contribution in [2.24, 2.45) is 0 Å². The van der Waals surface area contributed by atoms with Crippen molar-refractivity contribution in [3.05, 3.63) is 71.3 Å². The topological polar surface area (TPSA) is 17.1 Å². The highest BCUT2D eigenvalue weighted by molar-refractivity contribution is 6.65. The van der Waals surface area contributed by atoms with E-state index in [2.05, 4.69) is 0 Å². The monoisotopic (exact) mass is 266 g/mol. The first kappa shape index (κ1) is 12.7. The van der Waals surface area contributed by atoms with Gasteiger partial charge >= 0.3 is 0 Å². The van der Waals surface area contributed by atoms with Crippen LogP contribution in [0.4, 0.5) is 8.78 Å². The van der Waals surface area contributed by atoms with E-state index in [1.807, 2.05) is 0 Å². The molecule has 4 heteroatoms. The highest BCUT2D eigenvalue weighted by Crippen LogP contribution is 2.30. The number of carbonyl (C=O) groups is 1. The maximum atomic E-state index is 13.7. The van der Waals surface area contributed by atoms with Gasteiger partial charge < -0.3 is 0 Å². The van der Waals surface area contributed by atoms with Crippen molar-refractivity contribution in [3.8, 4) is 0 Å². The van der Waals surface area contributed by atoms with Crippen LogP contribution in [-0.4, -0.2) is 5.24 Å². The minimum Gasteiger partial charge on any atom is -0.280 e. The molecule has 0 aromatic heterocycles. The van der Waals surface area contributed by atoms with Gasteiger partial charge in [-0.15, -0.1) is 0 Å². The second kappa shape index (κ2) is 5.27. The molecule has 0 bridgehead atoms. The van der Waals surface area contributed by atoms with Crippen LogP contribution in [0.1, 0.15) is 17.0 Å². The Morgan fingerprint density at radius 2 is 1.28 bits per heavy atom. The maximum absolute atomic E-state index is 13.7. The summed E-state index contributed by atoms with van der Waals surface area (Å²) in [6.45, 7) is 0. The van der Waals surface area contributed by atoms with Gasteiger partial charge in [-0.25, -0.2) is 8.78 Å². The number of rotatable bonds is 3. The zero-order valence-electron chi connectivity index (χ0n) is 9.24. The van der Waals surface area contributed by atoms with Crippen LogP contribution >= 0.6 is 11.6 Å². The molecule has 0 heterocycles. The average molecular weight is 267 g/mol. The summed E-state index contributed by atoms with van der Waals surface area (Å²) in [4.78, 5) is 11.5. The van der Waals surface area contributed by atoms with Crippen LogP contribution in [-0.2, 0) is 4.79 Å².